The molecule has 1 amide bonds. The monoisotopic (exact) mass is 318 g/mol. The molecule has 1 atom stereocenters. The zero-order valence-electron chi connectivity index (χ0n) is 13.6. The molecule has 0 radical (unpaired) electrons. The van der Waals surface area contributed by atoms with Gasteiger partial charge >= 0.3 is 0 Å². The van der Waals surface area contributed by atoms with Crippen LogP contribution in [0.4, 0.5) is 0 Å². The minimum Gasteiger partial charge on any atom is -0.493 e. The van der Waals surface area contributed by atoms with E-state index in [0.717, 1.165) is 18.8 Å². The number of β-amino-alcohol motifs (C(OH)–C–C–N with tert-alkyl or cyclic N) is 1. The van der Waals surface area contributed by atoms with Crippen LogP contribution in [0, 0.1) is 0 Å². The number of para-hydroxylation sites is 1. The van der Waals surface area contributed by atoms with Crippen LogP contribution in [0.25, 0.3) is 0 Å². The Kier molecular flexibility index (Phi) is 5.18. The van der Waals surface area contributed by atoms with Crippen molar-refractivity contribution in [2.75, 3.05) is 39.3 Å². The molecule has 2 aliphatic heterocycles. The zero-order valence-corrected chi connectivity index (χ0v) is 13.6. The van der Waals surface area contributed by atoms with Crippen LogP contribution in [0.15, 0.2) is 30.3 Å². The van der Waals surface area contributed by atoms with Crippen LogP contribution in [-0.2, 0) is 4.79 Å². The number of benzene rings is 1. The lowest BCUT2D eigenvalue weighted by molar-refractivity contribution is -0.131. The first-order chi connectivity index (χ1) is 11.1. The standard InChI is InChI=1S/C18H26N2O3/c21-17(8-13-23-16-6-2-1-3-7-16)20-12-9-18(22,15-20)14-19-10-4-5-11-19/h1-3,6-7,22H,4-5,8-15H2/t18-/m1/s1. The van der Waals surface area contributed by atoms with E-state index in [1.54, 1.807) is 4.90 Å². The molecule has 5 nitrogen and oxygen atoms in total. The van der Waals surface area contributed by atoms with E-state index in [4.69, 9.17) is 4.74 Å². The lowest BCUT2D eigenvalue weighted by atomic mass is 10.0. The van der Waals surface area contributed by atoms with Crippen LogP contribution in [0.1, 0.15) is 25.7 Å². The number of nitrogens with zero attached hydrogens (tertiary/aromatic N) is 2. The molecule has 0 unspecified atom stereocenters. The highest BCUT2D eigenvalue weighted by atomic mass is 16.5. The van der Waals surface area contributed by atoms with Crippen LogP contribution in [0.3, 0.4) is 0 Å². The molecule has 0 saturated carbocycles. The number of carbonyl (C=O) groups is 1. The molecular formula is C18H26N2O3. The third-order valence-corrected chi connectivity index (χ3v) is 4.73. The van der Waals surface area contributed by atoms with Gasteiger partial charge in [-0.15, -0.1) is 0 Å². The van der Waals surface area contributed by atoms with Crippen molar-refractivity contribution in [3.63, 3.8) is 0 Å². The number of likely N-dealkylation sites (tertiary alicyclic amines) is 2. The molecule has 1 aromatic carbocycles. The number of hydrogen-bond donors (Lipinski definition) is 1. The predicted molar refractivity (Wildman–Crippen MR) is 88.4 cm³/mol. The molecule has 2 saturated heterocycles. The Hall–Kier alpha value is -1.59. The minimum atomic E-state index is -0.736. The largest absolute Gasteiger partial charge is 0.493 e. The van der Waals surface area contributed by atoms with Crippen LogP contribution in [-0.4, -0.2) is 65.7 Å². The van der Waals surface area contributed by atoms with E-state index in [9.17, 15) is 9.90 Å². The van der Waals surface area contributed by atoms with Gasteiger partial charge in [-0.2, -0.15) is 0 Å². The van der Waals surface area contributed by atoms with Crippen molar-refractivity contribution in [1.82, 2.24) is 9.80 Å². The first-order valence-corrected chi connectivity index (χ1v) is 8.55. The summed E-state index contributed by atoms with van der Waals surface area (Å²) in [6.45, 7) is 4.31. The summed E-state index contributed by atoms with van der Waals surface area (Å²) in [5.41, 5.74) is -0.736. The molecule has 2 heterocycles. The predicted octanol–water partition coefficient (Wildman–Crippen LogP) is 1.51. The Labute approximate surface area is 137 Å². The van der Waals surface area contributed by atoms with Gasteiger partial charge in [0.25, 0.3) is 0 Å². The third kappa shape index (κ3) is 4.45. The minimum absolute atomic E-state index is 0.0679. The van der Waals surface area contributed by atoms with Gasteiger partial charge in [-0.25, -0.2) is 0 Å². The van der Waals surface area contributed by atoms with Gasteiger partial charge in [-0.1, -0.05) is 18.2 Å². The molecule has 126 valence electrons. The molecular weight excluding hydrogens is 292 g/mol. The number of aliphatic hydroxyl groups is 1. The van der Waals surface area contributed by atoms with Gasteiger partial charge in [-0.3, -0.25) is 4.79 Å². The fourth-order valence-corrected chi connectivity index (χ4v) is 3.49. The Balaban J connectivity index is 1.41. The lowest BCUT2D eigenvalue weighted by Crippen LogP contribution is -2.45. The highest BCUT2D eigenvalue weighted by Gasteiger charge is 2.39. The lowest BCUT2D eigenvalue weighted by Gasteiger charge is -2.28. The quantitative estimate of drug-likeness (QED) is 0.864. The van der Waals surface area contributed by atoms with Gasteiger partial charge in [-0.05, 0) is 44.5 Å². The van der Waals surface area contributed by atoms with Crippen molar-refractivity contribution in [2.45, 2.75) is 31.3 Å². The smallest absolute Gasteiger partial charge is 0.226 e. The van der Waals surface area contributed by atoms with E-state index in [2.05, 4.69) is 4.90 Å². The van der Waals surface area contributed by atoms with E-state index >= 15 is 0 Å². The van der Waals surface area contributed by atoms with Crippen molar-refractivity contribution in [3.05, 3.63) is 30.3 Å². The molecule has 2 aliphatic rings. The first-order valence-electron chi connectivity index (χ1n) is 8.55. The molecule has 1 aromatic rings. The fraction of sp³-hybridized carbons (Fsp3) is 0.611. The second-order valence-corrected chi connectivity index (χ2v) is 6.68. The number of ether oxygens (including phenoxy) is 1. The topological polar surface area (TPSA) is 53.0 Å². The Bertz CT molecular complexity index is 516. The Morgan fingerprint density at radius 2 is 1.91 bits per heavy atom. The molecule has 5 heteroatoms. The van der Waals surface area contributed by atoms with E-state index in [1.807, 2.05) is 30.3 Å². The van der Waals surface area contributed by atoms with Crippen LogP contribution < -0.4 is 4.74 Å². The Morgan fingerprint density at radius 3 is 2.65 bits per heavy atom. The average molecular weight is 318 g/mol. The maximum absolute atomic E-state index is 12.3. The molecule has 3 rings (SSSR count). The van der Waals surface area contributed by atoms with Gasteiger partial charge < -0.3 is 19.6 Å². The summed E-state index contributed by atoms with van der Waals surface area (Å²) in [6.07, 6.45) is 3.47. The number of rotatable bonds is 6. The molecule has 0 spiro atoms. The SMILES string of the molecule is O=C(CCOc1ccccc1)N1CC[C@@](O)(CN2CCCC2)C1. The van der Waals surface area contributed by atoms with Gasteiger partial charge in [0.1, 0.15) is 5.75 Å². The van der Waals surface area contributed by atoms with Crippen molar-refractivity contribution >= 4 is 5.91 Å². The van der Waals surface area contributed by atoms with E-state index in [1.165, 1.54) is 12.8 Å². The average Bonchev–Trinajstić information content (AvgIpc) is 3.18. The van der Waals surface area contributed by atoms with Crippen molar-refractivity contribution in [3.8, 4) is 5.75 Å². The molecule has 0 bridgehead atoms. The number of amides is 1. The summed E-state index contributed by atoms with van der Waals surface area (Å²) < 4.78 is 5.58. The summed E-state index contributed by atoms with van der Waals surface area (Å²) in [5.74, 6) is 0.852. The molecule has 0 aromatic heterocycles. The maximum Gasteiger partial charge on any atom is 0.226 e. The summed E-state index contributed by atoms with van der Waals surface area (Å²) in [5, 5.41) is 10.7. The fourth-order valence-electron chi connectivity index (χ4n) is 3.49. The summed E-state index contributed by atoms with van der Waals surface area (Å²) in [4.78, 5) is 16.4. The van der Waals surface area contributed by atoms with Gasteiger partial charge in [0.2, 0.25) is 5.91 Å². The van der Waals surface area contributed by atoms with Crippen molar-refractivity contribution < 1.29 is 14.6 Å². The van der Waals surface area contributed by atoms with Gasteiger partial charge in [0.15, 0.2) is 0 Å². The second kappa shape index (κ2) is 7.32. The second-order valence-electron chi connectivity index (χ2n) is 6.68. The number of carbonyl (C=O) groups excluding carboxylic acids is 1. The highest BCUT2D eigenvalue weighted by molar-refractivity contribution is 5.76. The Morgan fingerprint density at radius 1 is 1.17 bits per heavy atom. The molecule has 1 N–H and O–H groups in total. The van der Waals surface area contributed by atoms with E-state index in [0.29, 0.717) is 39.1 Å². The van der Waals surface area contributed by atoms with Crippen molar-refractivity contribution in [2.24, 2.45) is 0 Å². The highest BCUT2D eigenvalue weighted by Crippen LogP contribution is 2.24. The number of hydrogen-bond acceptors (Lipinski definition) is 4. The summed E-state index contributed by atoms with van der Waals surface area (Å²) >= 11 is 0. The maximum atomic E-state index is 12.3. The van der Waals surface area contributed by atoms with Gasteiger partial charge in [0, 0.05) is 13.1 Å². The molecule has 0 aliphatic carbocycles. The summed E-state index contributed by atoms with van der Waals surface area (Å²) in [6, 6.07) is 9.53. The van der Waals surface area contributed by atoms with Crippen LogP contribution in [0.5, 0.6) is 5.75 Å². The zero-order chi connectivity index (χ0) is 16.1. The van der Waals surface area contributed by atoms with Gasteiger partial charge in [0.05, 0.1) is 25.2 Å². The van der Waals surface area contributed by atoms with Crippen LogP contribution >= 0.6 is 0 Å². The van der Waals surface area contributed by atoms with E-state index < -0.39 is 5.60 Å². The summed E-state index contributed by atoms with van der Waals surface area (Å²) in [7, 11) is 0. The third-order valence-electron chi connectivity index (χ3n) is 4.73. The molecule has 23 heavy (non-hydrogen) atoms. The first kappa shape index (κ1) is 16.3. The van der Waals surface area contributed by atoms with Crippen molar-refractivity contribution in [1.29, 1.82) is 0 Å². The van der Waals surface area contributed by atoms with E-state index in [-0.39, 0.29) is 5.91 Å². The van der Waals surface area contributed by atoms with Crippen LogP contribution in [0.2, 0.25) is 0 Å². The normalized spacial score (nSPS) is 25.0. The molecule has 2 fully saturated rings.